The molecule has 1 aliphatic heterocycles. The van der Waals surface area contributed by atoms with E-state index < -0.39 is 35.3 Å². The number of aliphatic carboxylic acids is 1. The van der Waals surface area contributed by atoms with Crippen LogP contribution in [0.2, 0.25) is 0 Å². The summed E-state index contributed by atoms with van der Waals surface area (Å²) in [4.78, 5) is 43.8. The summed E-state index contributed by atoms with van der Waals surface area (Å²) in [5.74, 6) is -3.93. The number of rotatable bonds is 6. The molecular formula is C30H21N3O4S2. The van der Waals surface area contributed by atoms with Crippen LogP contribution in [0.15, 0.2) is 83.6 Å². The Bertz CT molecular complexity index is 1620. The van der Waals surface area contributed by atoms with E-state index in [0.29, 0.717) is 32.0 Å². The van der Waals surface area contributed by atoms with E-state index in [2.05, 4.69) is 12.1 Å². The smallest absolute Gasteiger partial charge is 0.330 e. The van der Waals surface area contributed by atoms with Crippen LogP contribution in [0.25, 0.3) is 0 Å². The van der Waals surface area contributed by atoms with Gasteiger partial charge in [-0.3, -0.25) is 9.59 Å². The second-order valence-electron chi connectivity index (χ2n) is 9.36. The molecule has 1 aliphatic rings. The van der Waals surface area contributed by atoms with Gasteiger partial charge in [0.1, 0.15) is 5.54 Å². The number of nitrogens with zero attached hydrogens (tertiary/aromatic N) is 3. The molecule has 0 bridgehead atoms. The van der Waals surface area contributed by atoms with Crippen molar-refractivity contribution in [3.05, 3.63) is 116 Å². The van der Waals surface area contributed by atoms with Crippen molar-refractivity contribution < 1.29 is 19.5 Å². The number of Topliss-reactive ketones (excluding diaryl/α,β-unsaturated/α-hetero) is 1. The number of benzene rings is 2. The van der Waals surface area contributed by atoms with Gasteiger partial charge in [0.05, 0.1) is 45.0 Å². The molecule has 0 aliphatic carbocycles. The predicted molar refractivity (Wildman–Crippen MR) is 146 cm³/mol. The molecule has 7 nitrogen and oxygen atoms in total. The van der Waals surface area contributed by atoms with Crippen LogP contribution in [0, 0.1) is 28.6 Å². The van der Waals surface area contributed by atoms with Crippen LogP contribution in [-0.2, 0) is 4.79 Å². The number of hydrogen-bond acceptors (Lipinski definition) is 7. The molecule has 1 saturated heterocycles. The van der Waals surface area contributed by atoms with Crippen molar-refractivity contribution in [2.75, 3.05) is 0 Å². The van der Waals surface area contributed by atoms with Crippen LogP contribution in [0.4, 0.5) is 0 Å². The molecule has 39 heavy (non-hydrogen) atoms. The number of thiophene rings is 2. The monoisotopic (exact) mass is 551 g/mol. The van der Waals surface area contributed by atoms with E-state index in [4.69, 9.17) is 0 Å². The van der Waals surface area contributed by atoms with Gasteiger partial charge in [-0.05, 0) is 65.2 Å². The first kappa shape index (κ1) is 26.1. The van der Waals surface area contributed by atoms with Crippen molar-refractivity contribution in [1.82, 2.24) is 4.90 Å². The molecule has 0 spiro atoms. The molecule has 5 rings (SSSR count). The quantitative estimate of drug-likeness (QED) is 0.299. The molecule has 4 atom stereocenters. The summed E-state index contributed by atoms with van der Waals surface area (Å²) in [5.41, 5.74) is 0.0563. The minimum Gasteiger partial charge on any atom is -0.479 e. The van der Waals surface area contributed by atoms with Gasteiger partial charge in [-0.25, -0.2) is 4.79 Å². The highest BCUT2D eigenvalue weighted by atomic mass is 32.1. The van der Waals surface area contributed by atoms with Crippen molar-refractivity contribution in [2.24, 2.45) is 5.92 Å². The Balaban J connectivity index is 1.81. The highest BCUT2D eigenvalue weighted by Gasteiger charge is 2.65. The van der Waals surface area contributed by atoms with Gasteiger partial charge in [-0.15, -0.1) is 22.7 Å². The number of ketones is 1. The second-order valence-corrected chi connectivity index (χ2v) is 11.3. The summed E-state index contributed by atoms with van der Waals surface area (Å²) in [6.45, 7) is 1.49. The molecule has 2 aromatic heterocycles. The maximum atomic E-state index is 14.3. The topological polar surface area (TPSA) is 122 Å². The number of hydrogen-bond donors (Lipinski definition) is 1. The fraction of sp³-hybridized carbons (Fsp3) is 0.167. The van der Waals surface area contributed by atoms with E-state index >= 15 is 0 Å². The average molecular weight is 552 g/mol. The standard InChI is InChI=1S/C30H21N3O4S2/c1-30(29(36)37)25(20-10-6-18(16-31)7-11-20)24(27(34)22-4-2-14-38-22)26(21-12-8-19(17-32)9-13-21)33(30)28(35)23-5-3-15-39-23/h2-15,24-26H,1H3,(H,36,37). The minimum absolute atomic E-state index is 0.275. The summed E-state index contributed by atoms with van der Waals surface area (Å²) < 4.78 is 0. The van der Waals surface area contributed by atoms with E-state index in [1.807, 2.05) is 0 Å². The fourth-order valence-electron chi connectivity index (χ4n) is 5.51. The highest BCUT2D eigenvalue weighted by molar-refractivity contribution is 7.12. The van der Waals surface area contributed by atoms with Gasteiger partial charge in [-0.2, -0.15) is 10.5 Å². The lowest BCUT2D eigenvalue weighted by atomic mass is 9.72. The first-order valence-corrected chi connectivity index (χ1v) is 13.8. The summed E-state index contributed by atoms with van der Waals surface area (Å²) in [7, 11) is 0. The maximum Gasteiger partial charge on any atom is 0.330 e. The molecule has 0 radical (unpaired) electrons. The Morgan fingerprint density at radius 2 is 1.33 bits per heavy atom. The lowest BCUT2D eigenvalue weighted by molar-refractivity contribution is -0.148. The Morgan fingerprint density at radius 1 is 0.821 bits per heavy atom. The number of carboxylic acids is 1. The van der Waals surface area contributed by atoms with E-state index in [-0.39, 0.29) is 5.78 Å². The number of likely N-dealkylation sites (tertiary alicyclic amines) is 1. The van der Waals surface area contributed by atoms with Gasteiger partial charge >= 0.3 is 5.97 Å². The Labute approximate surface area is 232 Å². The van der Waals surface area contributed by atoms with Gasteiger partial charge in [0, 0.05) is 5.92 Å². The maximum absolute atomic E-state index is 14.3. The van der Waals surface area contributed by atoms with Crippen molar-refractivity contribution in [1.29, 1.82) is 10.5 Å². The van der Waals surface area contributed by atoms with E-state index in [1.165, 1.54) is 34.5 Å². The Hall–Kier alpha value is -4.57. The SMILES string of the molecule is CC1(C(=O)O)C(c2ccc(C#N)cc2)C(C(=O)c2cccs2)C(c2ccc(C#N)cc2)N1C(=O)c1cccs1. The number of amides is 1. The van der Waals surface area contributed by atoms with E-state index in [0.717, 1.165) is 0 Å². The third-order valence-electron chi connectivity index (χ3n) is 7.31. The van der Waals surface area contributed by atoms with E-state index in [1.54, 1.807) is 83.6 Å². The van der Waals surface area contributed by atoms with Crippen LogP contribution in [-0.4, -0.2) is 33.2 Å². The van der Waals surface area contributed by atoms with Crippen LogP contribution < -0.4 is 0 Å². The summed E-state index contributed by atoms with van der Waals surface area (Å²) >= 11 is 2.45. The second kappa shape index (κ2) is 10.3. The number of carboxylic acid groups (broad SMARTS) is 1. The molecule has 4 unspecified atom stereocenters. The van der Waals surface area contributed by atoms with Gasteiger partial charge in [0.25, 0.3) is 5.91 Å². The lowest BCUT2D eigenvalue weighted by Gasteiger charge is -2.37. The fourth-order valence-corrected chi connectivity index (χ4v) is 6.88. The molecule has 9 heteroatoms. The largest absolute Gasteiger partial charge is 0.479 e. The van der Waals surface area contributed by atoms with Crippen molar-refractivity contribution in [2.45, 2.75) is 24.4 Å². The van der Waals surface area contributed by atoms with Crippen molar-refractivity contribution >= 4 is 40.3 Å². The van der Waals surface area contributed by atoms with E-state index in [9.17, 15) is 30.0 Å². The molecule has 3 heterocycles. The summed E-state index contributed by atoms with van der Waals surface area (Å²) in [6, 6.07) is 23.1. The molecule has 4 aromatic rings. The molecule has 2 aromatic carbocycles. The first-order valence-electron chi connectivity index (χ1n) is 12.0. The number of carbonyl (C=O) groups excluding carboxylic acids is 2. The van der Waals surface area contributed by atoms with Crippen molar-refractivity contribution in [3.63, 3.8) is 0 Å². The third kappa shape index (κ3) is 4.32. The Morgan fingerprint density at radius 3 is 1.79 bits per heavy atom. The number of nitriles is 2. The van der Waals surface area contributed by atoms with Gasteiger partial charge < -0.3 is 10.0 Å². The van der Waals surface area contributed by atoms with Crippen LogP contribution in [0.1, 0.15) is 60.5 Å². The Kier molecular flexibility index (Phi) is 6.88. The zero-order valence-corrected chi connectivity index (χ0v) is 22.3. The lowest BCUT2D eigenvalue weighted by Crippen LogP contribution is -2.54. The number of carbonyl (C=O) groups is 3. The average Bonchev–Trinajstić information content (AvgIpc) is 3.73. The van der Waals surface area contributed by atoms with Gasteiger partial charge in [0.2, 0.25) is 0 Å². The molecule has 1 fully saturated rings. The third-order valence-corrected chi connectivity index (χ3v) is 9.06. The highest BCUT2D eigenvalue weighted by Crippen LogP contribution is 2.57. The minimum atomic E-state index is -1.83. The molecule has 1 amide bonds. The van der Waals surface area contributed by atoms with Crippen molar-refractivity contribution in [3.8, 4) is 12.1 Å². The molecular weight excluding hydrogens is 530 g/mol. The molecule has 192 valence electrons. The van der Waals surface area contributed by atoms with Crippen LogP contribution >= 0.6 is 22.7 Å². The zero-order valence-electron chi connectivity index (χ0n) is 20.6. The van der Waals surface area contributed by atoms with Crippen LogP contribution in [0.3, 0.4) is 0 Å². The van der Waals surface area contributed by atoms with Gasteiger partial charge in [-0.1, -0.05) is 36.4 Å². The summed E-state index contributed by atoms with van der Waals surface area (Å²) in [6.07, 6.45) is 0. The normalized spacial score (nSPS) is 22.1. The van der Waals surface area contributed by atoms with Crippen LogP contribution in [0.5, 0.6) is 0 Å². The molecule has 1 N–H and O–H groups in total. The molecule has 0 saturated carbocycles. The van der Waals surface area contributed by atoms with Gasteiger partial charge in [0.15, 0.2) is 5.78 Å². The first-order chi connectivity index (χ1) is 18.8. The summed E-state index contributed by atoms with van der Waals surface area (Å²) in [5, 5.41) is 33.0. The zero-order chi connectivity index (χ0) is 27.7. The predicted octanol–water partition coefficient (Wildman–Crippen LogP) is 5.88.